The summed E-state index contributed by atoms with van der Waals surface area (Å²) >= 11 is 0. The number of carboxylic acids is 1. The minimum atomic E-state index is -1.26. The summed E-state index contributed by atoms with van der Waals surface area (Å²) < 4.78 is 13.7. The van der Waals surface area contributed by atoms with Crippen LogP contribution in [-0.2, 0) is 0 Å². The topological polar surface area (TPSA) is 40.5 Å². The molecule has 0 amide bonds. The van der Waals surface area contributed by atoms with Gasteiger partial charge in [0.25, 0.3) is 0 Å². The van der Waals surface area contributed by atoms with Crippen LogP contribution < -0.4 is 4.90 Å². The Balaban J connectivity index is 3.41. The summed E-state index contributed by atoms with van der Waals surface area (Å²) in [5.41, 5.74) is -0.254. The van der Waals surface area contributed by atoms with E-state index in [0.717, 1.165) is 6.07 Å². The first-order valence-corrected chi connectivity index (χ1v) is 5.69. The molecule has 0 fully saturated rings. The third-order valence-electron chi connectivity index (χ3n) is 2.62. The largest absolute Gasteiger partial charge is 0.478 e. The first-order chi connectivity index (χ1) is 8.29. The van der Waals surface area contributed by atoms with E-state index in [9.17, 15) is 9.18 Å². The van der Waals surface area contributed by atoms with Gasteiger partial charge in [-0.3, -0.25) is 0 Å². The lowest BCUT2D eigenvalue weighted by molar-refractivity contribution is 0.0692. The van der Waals surface area contributed by atoms with Crippen LogP contribution in [0.5, 0.6) is 0 Å². The standard InChI is InChI=1S/C14H18FNO2/c1-5-9-16(14(2,3)4)11-8-6-7-10(15)12(11)13(17)18/h5-8H,1,9H2,2-4H3,(H,17,18). The number of rotatable bonds is 4. The average Bonchev–Trinajstić information content (AvgIpc) is 2.23. The summed E-state index contributed by atoms with van der Waals surface area (Å²) in [6.07, 6.45) is 1.67. The van der Waals surface area contributed by atoms with Crippen molar-refractivity contribution in [2.75, 3.05) is 11.4 Å². The molecule has 1 aromatic rings. The molecule has 0 heterocycles. The van der Waals surface area contributed by atoms with Crippen molar-refractivity contribution >= 4 is 11.7 Å². The smallest absolute Gasteiger partial charge is 0.340 e. The lowest BCUT2D eigenvalue weighted by Gasteiger charge is -2.37. The first kappa shape index (κ1) is 14.2. The van der Waals surface area contributed by atoms with Gasteiger partial charge in [0.15, 0.2) is 0 Å². The van der Waals surface area contributed by atoms with Crippen LogP contribution >= 0.6 is 0 Å². The molecule has 0 aliphatic heterocycles. The van der Waals surface area contributed by atoms with E-state index in [0.29, 0.717) is 12.2 Å². The molecule has 1 aromatic carbocycles. The molecule has 1 rings (SSSR count). The Labute approximate surface area is 107 Å². The molecule has 0 spiro atoms. The maximum Gasteiger partial charge on any atom is 0.340 e. The number of carbonyl (C=O) groups is 1. The molecule has 0 radical (unpaired) electrons. The van der Waals surface area contributed by atoms with E-state index < -0.39 is 11.8 Å². The number of anilines is 1. The number of carboxylic acid groups (broad SMARTS) is 1. The van der Waals surface area contributed by atoms with Gasteiger partial charge in [-0.2, -0.15) is 0 Å². The summed E-state index contributed by atoms with van der Waals surface area (Å²) in [5.74, 6) is -1.99. The summed E-state index contributed by atoms with van der Waals surface area (Å²) in [7, 11) is 0. The van der Waals surface area contributed by atoms with Crippen LogP contribution in [0, 0.1) is 5.82 Å². The van der Waals surface area contributed by atoms with Gasteiger partial charge in [0.2, 0.25) is 0 Å². The Kier molecular flexibility index (Phi) is 4.11. The predicted octanol–water partition coefficient (Wildman–Crippen LogP) is 3.31. The van der Waals surface area contributed by atoms with E-state index in [2.05, 4.69) is 6.58 Å². The number of halogens is 1. The van der Waals surface area contributed by atoms with Crippen molar-refractivity contribution < 1.29 is 14.3 Å². The van der Waals surface area contributed by atoms with Crippen LogP contribution in [0.3, 0.4) is 0 Å². The van der Waals surface area contributed by atoms with Crippen LogP contribution in [0.25, 0.3) is 0 Å². The SMILES string of the molecule is C=CCN(c1cccc(F)c1C(=O)O)C(C)(C)C. The van der Waals surface area contributed by atoms with E-state index in [-0.39, 0.29) is 11.1 Å². The van der Waals surface area contributed by atoms with Crippen molar-refractivity contribution in [1.29, 1.82) is 0 Å². The third kappa shape index (κ3) is 2.88. The maximum absolute atomic E-state index is 13.7. The number of hydrogen-bond acceptors (Lipinski definition) is 2. The Morgan fingerprint density at radius 1 is 1.50 bits per heavy atom. The molecule has 18 heavy (non-hydrogen) atoms. The Morgan fingerprint density at radius 2 is 2.11 bits per heavy atom. The second-order valence-electron chi connectivity index (χ2n) is 5.01. The van der Waals surface area contributed by atoms with Gasteiger partial charge < -0.3 is 10.0 Å². The number of nitrogens with zero attached hydrogens (tertiary/aromatic N) is 1. The van der Waals surface area contributed by atoms with Gasteiger partial charge in [-0.25, -0.2) is 9.18 Å². The number of benzene rings is 1. The quantitative estimate of drug-likeness (QED) is 0.834. The van der Waals surface area contributed by atoms with E-state index >= 15 is 0 Å². The van der Waals surface area contributed by atoms with Gasteiger partial charge >= 0.3 is 5.97 Å². The molecule has 0 aromatic heterocycles. The fourth-order valence-electron chi connectivity index (χ4n) is 1.81. The van der Waals surface area contributed by atoms with Crippen molar-refractivity contribution in [3.05, 3.63) is 42.2 Å². The highest BCUT2D eigenvalue weighted by molar-refractivity contribution is 5.95. The van der Waals surface area contributed by atoms with Crippen LogP contribution in [0.15, 0.2) is 30.9 Å². The molecule has 0 saturated carbocycles. The zero-order valence-corrected chi connectivity index (χ0v) is 10.9. The predicted molar refractivity (Wildman–Crippen MR) is 70.7 cm³/mol. The zero-order valence-electron chi connectivity index (χ0n) is 10.9. The highest BCUT2D eigenvalue weighted by Crippen LogP contribution is 2.29. The van der Waals surface area contributed by atoms with Gasteiger partial charge in [-0.05, 0) is 32.9 Å². The minimum absolute atomic E-state index is 0.297. The summed E-state index contributed by atoms with van der Waals surface area (Å²) in [5, 5.41) is 9.14. The van der Waals surface area contributed by atoms with E-state index in [1.165, 1.54) is 6.07 Å². The van der Waals surface area contributed by atoms with Crippen LogP contribution in [-0.4, -0.2) is 23.2 Å². The van der Waals surface area contributed by atoms with Gasteiger partial charge in [0.1, 0.15) is 11.4 Å². The van der Waals surface area contributed by atoms with Crippen LogP contribution in [0.4, 0.5) is 10.1 Å². The highest BCUT2D eigenvalue weighted by Gasteiger charge is 2.26. The van der Waals surface area contributed by atoms with Gasteiger partial charge in [-0.15, -0.1) is 6.58 Å². The molecule has 3 nitrogen and oxygen atoms in total. The molecule has 0 atom stereocenters. The molecule has 0 bridgehead atoms. The second-order valence-corrected chi connectivity index (χ2v) is 5.01. The molecule has 98 valence electrons. The number of hydrogen-bond donors (Lipinski definition) is 1. The van der Waals surface area contributed by atoms with E-state index in [1.54, 1.807) is 12.1 Å². The highest BCUT2D eigenvalue weighted by atomic mass is 19.1. The Morgan fingerprint density at radius 3 is 2.56 bits per heavy atom. The fraction of sp³-hybridized carbons (Fsp3) is 0.357. The van der Waals surface area contributed by atoms with Gasteiger partial charge in [-0.1, -0.05) is 12.1 Å². The van der Waals surface area contributed by atoms with Gasteiger partial charge in [0.05, 0.1) is 5.69 Å². The monoisotopic (exact) mass is 251 g/mol. The van der Waals surface area contributed by atoms with Crippen LogP contribution in [0.2, 0.25) is 0 Å². The van der Waals surface area contributed by atoms with Gasteiger partial charge in [0, 0.05) is 12.1 Å². The fourth-order valence-corrected chi connectivity index (χ4v) is 1.81. The molecule has 1 N–H and O–H groups in total. The van der Waals surface area contributed by atoms with E-state index in [1.807, 2.05) is 25.7 Å². The first-order valence-electron chi connectivity index (χ1n) is 5.69. The van der Waals surface area contributed by atoms with Crippen molar-refractivity contribution in [3.8, 4) is 0 Å². The molecule has 4 heteroatoms. The summed E-state index contributed by atoms with van der Waals surface area (Å²) in [6.45, 7) is 9.92. The molecule has 0 saturated heterocycles. The maximum atomic E-state index is 13.7. The molecule has 0 aliphatic carbocycles. The van der Waals surface area contributed by atoms with Crippen molar-refractivity contribution in [2.45, 2.75) is 26.3 Å². The summed E-state index contributed by atoms with van der Waals surface area (Å²) in [4.78, 5) is 13.0. The lowest BCUT2D eigenvalue weighted by atomic mass is 10.0. The average molecular weight is 251 g/mol. The number of aromatic carboxylic acids is 1. The second kappa shape index (κ2) is 5.21. The van der Waals surface area contributed by atoms with Crippen molar-refractivity contribution in [2.24, 2.45) is 0 Å². The third-order valence-corrected chi connectivity index (χ3v) is 2.62. The zero-order chi connectivity index (χ0) is 13.9. The molecular formula is C14H18FNO2. The van der Waals surface area contributed by atoms with Crippen molar-refractivity contribution in [3.63, 3.8) is 0 Å². The minimum Gasteiger partial charge on any atom is -0.478 e. The summed E-state index contributed by atoms with van der Waals surface area (Å²) in [6, 6.07) is 4.28. The molecule has 0 aliphatic rings. The normalized spacial score (nSPS) is 11.1. The van der Waals surface area contributed by atoms with Crippen molar-refractivity contribution in [1.82, 2.24) is 0 Å². The molecule has 0 unspecified atom stereocenters. The van der Waals surface area contributed by atoms with E-state index in [4.69, 9.17) is 5.11 Å². The van der Waals surface area contributed by atoms with Crippen LogP contribution in [0.1, 0.15) is 31.1 Å². The Bertz CT molecular complexity index is 463. The molecular weight excluding hydrogens is 233 g/mol. The lowest BCUT2D eigenvalue weighted by Crippen LogP contribution is -2.42. The Hall–Kier alpha value is -1.84.